The highest BCUT2D eigenvalue weighted by molar-refractivity contribution is 6.34. The normalized spacial score (nSPS) is 9.47. The first-order valence-corrected chi connectivity index (χ1v) is 4.71. The van der Waals surface area contributed by atoms with Crippen molar-refractivity contribution in [2.24, 2.45) is 0 Å². The fourth-order valence-electron chi connectivity index (χ4n) is 0.949. The van der Waals surface area contributed by atoms with E-state index in [0.29, 0.717) is 10.6 Å². The summed E-state index contributed by atoms with van der Waals surface area (Å²) < 4.78 is 4.63. The third-order valence-corrected chi connectivity index (χ3v) is 1.90. The summed E-state index contributed by atoms with van der Waals surface area (Å²) in [4.78, 5) is 11.0. The van der Waals surface area contributed by atoms with E-state index in [-0.39, 0.29) is 12.4 Å². The molecule has 0 atom stereocenters. The van der Waals surface area contributed by atoms with E-state index in [0.717, 1.165) is 0 Å². The highest BCUT2D eigenvalue weighted by Crippen LogP contribution is 2.13. The minimum Gasteiger partial charge on any atom is -0.450 e. The molecule has 1 rings (SSSR count). The van der Waals surface area contributed by atoms with Crippen molar-refractivity contribution in [1.29, 1.82) is 5.41 Å². The molecule has 0 heterocycles. The Morgan fingerprint density at radius 2 is 2.47 bits per heavy atom. The predicted molar refractivity (Wildman–Crippen MR) is 57.3 cm³/mol. The quantitative estimate of drug-likeness (QED) is 0.599. The van der Waals surface area contributed by atoms with Gasteiger partial charge in [0.05, 0.1) is 11.6 Å². The first-order chi connectivity index (χ1) is 7.15. The van der Waals surface area contributed by atoms with Crippen LogP contribution < -0.4 is 5.32 Å². The van der Waals surface area contributed by atoms with Gasteiger partial charge in [0.1, 0.15) is 5.84 Å². The van der Waals surface area contributed by atoms with E-state index in [1.165, 1.54) is 6.07 Å². The number of halogens is 1. The smallest absolute Gasteiger partial charge is 0.412 e. The van der Waals surface area contributed by atoms with Crippen LogP contribution in [0.25, 0.3) is 0 Å². The van der Waals surface area contributed by atoms with E-state index in [1.54, 1.807) is 19.1 Å². The monoisotopic (exact) mass is 225 g/mol. The summed E-state index contributed by atoms with van der Waals surface area (Å²) in [5, 5.41) is 10.2. The van der Waals surface area contributed by atoms with Crippen molar-refractivity contribution in [3.8, 4) is 0 Å². The van der Waals surface area contributed by atoms with Gasteiger partial charge in [-0.3, -0.25) is 10.7 Å². The summed E-state index contributed by atoms with van der Waals surface area (Å²) >= 11 is 5.82. The van der Waals surface area contributed by atoms with E-state index < -0.39 is 6.09 Å². The number of ether oxygens (including phenoxy) is 1. The lowest BCUT2D eigenvalue weighted by Crippen LogP contribution is -2.31. The molecule has 1 aromatic rings. The van der Waals surface area contributed by atoms with Crippen LogP contribution in [-0.2, 0) is 4.74 Å². The average Bonchev–Trinajstić information content (AvgIpc) is 2.18. The summed E-state index contributed by atoms with van der Waals surface area (Å²) in [5.41, 5.74) is 0.434. The van der Waals surface area contributed by atoms with E-state index in [2.05, 4.69) is 16.1 Å². The van der Waals surface area contributed by atoms with Gasteiger partial charge in [0.15, 0.2) is 0 Å². The fraction of sp³-hybridized carbons (Fsp3) is 0.200. The van der Waals surface area contributed by atoms with Gasteiger partial charge in [0.2, 0.25) is 0 Å². The lowest BCUT2D eigenvalue weighted by molar-refractivity contribution is 0.158. The molecule has 0 aromatic heterocycles. The SMILES string of the molecule is CCOC(=O)NC(=N)c1cc[c]cc1Cl. The Morgan fingerprint density at radius 3 is 3.07 bits per heavy atom. The lowest BCUT2D eigenvalue weighted by atomic mass is 10.2. The summed E-state index contributed by atoms with van der Waals surface area (Å²) in [7, 11) is 0. The van der Waals surface area contributed by atoms with Gasteiger partial charge in [-0.1, -0.05) is 17.7 Å². The van der Waals surface area contributed by atoms with Crippen LogP contribution in [0.15, 0.2) is 18.2 Å². The summed E-state index contributed by atoms with van der Waals surface area (Å²) in [6, 6.07) is 7.50. The Bertz CT molecular complexity index is 379. The Labute approximate surface area is 92.7 Å². The number of rotatable bonds is 2. The zero-order valence-electron chi connectivity index (χ0n) is 8.13. The number of amidine groups is 1. The third-order valence-electron chi connectivity index (χ3n) is 1.59. The Hall–Kier alpha value is -1.55. The highest BCUT2D eigenvalue weighted by atomic mass is 35.5. The molecule has 79 valence electrons. The van der Waals surface area contributed by atoms with Crippen molar-refractivity contribution in [3.63, 3.8) is 0 Å². The minimum atomic E-state index is -0.661. The summed E-state index contributed by atoms with van der Waals surface area (Å²) in [5.74, 6) is -0.0903. The molecule has 0 saturated heterocycles. The number of carbonyl (C=O) groups excluding carboxylic acids is 1. The maximum atomic E-state index is 11.0. The topological polar surface area (TPSA) is 62.2 Å². The molecule has 1 aromatic carbocycles. The molecule has 0 spiro atoms. The summed E-state index contributed by atoms with van der Waals surface area (Å²) in [6.07, 6.45) is -0.661. The molecular formula is C10H10ClN2O2. The molecule has 0 aliphatic carbocycles. The van der Waals surface area contributed by atoms with Crippen LogP contribution in [0.1, 0.15) is 12.5 Å². The van der Waals surface area contributed by atoms with Crippen molar-refractivity contribution in [2.45, 2.75) is 6.92 Å². The standard InChI is InChI=1S/C10H10ClN2O2/c1-2-15-10(14)13-9(12)7-5-3-4-6-8(7)11/h3,5-6H,2H2,1H3,(H2,12,13,14). The van der Waals surface area contributed by atoms with E-state index in [4.69, 9.17) is 17.0 Å². The Morgan fingerprint density at radius 1 is 1.73 bits per heavy atom. The number of hydrogen-bond acceptors (Lipinski definition) is 3. The molecule has 1 radical (unpaired) electrons. The second-order valence-corrected chi connectivity index (χ2v) is 3.03. The maximum absolute atomic E-state index is 11.0. The number of amides is 1. The molecule has 1 amide bonds. The van der Waals surface area contributed by atoms with Crippen molar-refractivity contribution in [2.75, 3.05) is 6.61 Å². The Balaban J connectivity index is 2.70. The zero-order chi connectivity index (χ0) is 11.3. The van der Waals surface area contributed by atoms with Gasteiger partial charge in [-0.2, -0.15) is 0 Å². The zero-order valence-corrected chi connectivity index (χ0v) is 8.89. The molecule has 0 aliphatic rings. The van der Waals surface area contributed by atoms with Gasteiger partial charge < -0.3 is 4.74 Å². The number of nitrogens with one attached hydrogen (secondary N) is 2. The number of hydrogen-bond donors (Lipinski definition) is 2. The predicted octanol–water partition coefficient (Wildman–Crippen LogP) is 2.21. The molecule has 5 heteroatoms. The Kier molecular flexibility index (Phi) is 4.12. The first-order valence-electron chi connectivity index (χ1n) is 4.33. The van der Waals surface area contributed by atoms with Crippen LogP contribution in [0.5, 0.6) is 0 Å². The minimum absolute atomic E-state index is 0.0903. The largest absolute Gasteiger partial charge is 0.450 e. The third kappa shape index (κ3) is 3.25. The molecule has 0 unspecified atom stereocenters. The van der Waals surface area contributed by atoms with Crippen molar-refractivity contribution < 1.29 is 9.53 Å². The highest BCUT2D eigenvalue weighted by Gasteiger charge is 2.09. The van der Waals surface area contributed by atoms with Gasteiger partial charge in [0.25, 0.3) is 0 Å². The second kappa shape index (κ2) is 5.36. The molecule has 15 heavy (non-hydrogen) atoms. The van der Waals surface area contributed by atoms with Crippen molar-refractivity contribution in [1.82, 2.24) is 5.32 Å². The van der Waals surface area contributed by atoms with Gasteiger partial charge in [-0.05, 0) is 25.1 Å². The van der Waals surface area contributed by atoms with Gasteiger partial charge in [-0.25, -0.2) is 4.79 Å². The number of carbonyl (C=O) groups is 1. The van der Waals surface area contributed by atoms with Crippen LogP contribution in [0.3, 0.4) is 0 Å². The maximum Gasteiger partial charge on any atom is 0.412 e. The number of alkyl carbamates (subject to hydrolysis) is 1. The molecule has 0 saturated carbocycles. The van der Waals surface area contributed by atoms with Crippen LogP contribution in [0.2, 0.25) is 5.02 Å². The lowest BCUT2D eigenvalue weighted by Gasteiger charge is -2.07. The molecule has 0 fully saturated rings. The van der Waals surface area contributed by atoms with Crippen LogP contribution in [-0.4, -0.2) is 18.5 Å². The van der Waals surface area contributed by atoms with Crippen LogP contribution in [0.4, 0.5) is 4.79 Å². The fourth-order valence-corrected chi connectivity index (χ4v) is 1.17. The van der Waals surface area contributed by atoms with E-state index >= 15 is 0 Å². The molecule has 0 bridgehead atoms. The number of benzene rings is 1. The van der Waals surface area contributed by atoms with Crippen LogP contribution in [0, 0.1) is 11.5 Å². The van der Waals surface area contributed by atoms with Crippen molar-refractivity contribution in [3.05, 3.63) is 34.9 Å². The molecule has 0 aliphatic heterocycles. The molecule has 2 N–H and O–H groups in total. The van der Waals surface area contributed by atoms with Gasteiger partial charge in [0, 0.05) is 5.56 Å². The molecular weight excluding hydrogens is 216 g/mol. The average molecular weight is 226 g/mol. The second-order valence-electron chi connectivity index (χ2n) is 2.63. The van der Waals surface area contributed by atoms with E-state index in [1.807, 2.05) is 0 Å². The van der Waals surface area contributed by atoms with E-state index in [9.17, 15) is 4.79 Å². The summed E-state index contributed by atoms with van der Waals surface area (Å²) in [6.45, 7) is 1.95. The molecule has 4 nitrogen and oxygen atoms in total. The van der Waals surface area contributed by atoms with Crippen LogP contribution >= 0.6 is 11.6 Å². The first kappa shape index (κ1) is 11.5. The van der Waals surface area contributed by atoms with Crippen molar-refractivity contribution >= 4 is 23.5 Å². The van der Waals surface area contributed by atoms with Gasteiger partial charge in [-0.15, -0.1) is 0 Å². The van der Waals surface area contributed by atoms with Gasteiger partial charge >= 0.3 is 6.09 Å².